The molecule has 0 atom stereocenters. The van der Waals surface area contributed by atoms with Crippen LogP contribution in [0.1, 0.15) is 5.56 Å². The number of nitrogens with zero attached hydrogens (tertiary/aromatic N) is 1. The number of benzene rings is 1. The van der Waals surface area contributed by atoms with Gasteiger partial charge in [0.25, 0.3) is 0 Å². The Balaban J connectivity index is 2.80. The first kappa shape index (κ1) is 7.75. The van der Waals surface area contributed by atoms with E-state index < -0.39 is 0 Å². The van der Waals surface area contributed by atoms with Crippen LogP contribution in [0, 0.1) is 18.3 Å². The van der Waals surface area contributed by atoms with E-state index in [1.54, 1.807) is 18.2 Å². The third-order valence-corrected chi connectivity index (χ3v) is 1.77. The predicted octanol–water partition coefficient (Wildman–Crippen LogP) is 2.31. The average molecular weight is 170 g/mol. The molecule has 0 saturated carbocycles. The number of pyridine rings is 1. The second-order valence-electron chi connectivity index (χ2n) is 2.53. The van der Waals surface area contributed by atoms with Gasteiger partial charge in [0, 0.05) is 10.9 Å². The van der Waals surface area contributed by atoms with E-state index in [4.69, 9.17) is 0 Å². The Labute approximate surface area is 75.2 Å². The highest BCUT2D eigenvalue weighted by Crippen LogP contribution is 2.14. The van der Waals surface area contributed by atoms with Crippen molar-refractivity contribution in [1.29, 1.82) is 0 Å². The smallest absolute Gasteiger partial charge is 0.111 e. The van der Waals surface area contributed by atoms with Crippen LogP contribution in [-0.4, -0.2) is 4.98 Å². The molecule has 0 aliphatic rings. The van der Waals surface area contributed by atoms with Gasteiger partial charge in [-0.3, -0.25) is 0 Å². The van der Waals surface area contributed by atoms with E-state index in [9.17, 15) is 4.39 Å². The molecule has 0 N–H and O–H groups in total. The van der Waals surface area contributed by atoms with Crippen molar-refractivity contribution >= 4 is 10.9 Å². The Morgan fingerprint density at radius 2 is 2.23 bits per heavy atom. The van der Waals surface area contributed by atoms with E-state index in [0.29, 0.717) is 5.56 Å². The van der Waals surface area contributed by atoms with Gasteiger partial charge in [0.2, 0.25) is 0 Å². The lowest BCUT2D eigenvalue weighted by Crippen LogP contribution is -1.81. The van der Waals surface area contributed by atoms with E-state index in [0.717, 1.165) is 10.9 Å². The Morgan fingerprint density at radius 3 is 3.08 bits per heavy atom. The Morgan fingerprint density at radius 1 is 1.31 bits per heavy atom. The minimum atomic E-state index is 0.654. The van der Waals surface area contributed by atoms with Crippen molar-refractivity contribution in [1.82, 2.24) is 4.98 Å². The normalized spacial score (nSPS) is 9.31. The van der Waals surface area contributed by atoms with Gasteiger partial charge in [0.15, 0.2) is 0 Å². The fourth-order valence-electron chi connectivity index (χ4n) is 1.21. The number of fused-ring (bicyclic) bond motifs is 1. The lowest BCUT2D eigenvalue weighted by atomic mass is 10.1. The van der Waals surface area contributed by atoms with Crippen molar-refractivity contribution in [3.63, 3.8) is 0 Å². The quantitative estimate of drug-likeness (QED) is 0.553. The van der Waals surface area contributed by atoms with Gasteiger partial charge in [0.1, 0.15) is 6.17 Å². The summed E-state index contributed by atoms with van der Waals surface area (Å²) in [6.45, 7) is 0. The summed E-state index contributed by atoms with van der Waals surface area (Å²) in [5.74, 6) is 2.38. The Kier molecular flexibility index (Phi) is 1.93. The van der Waals surface area contributed by atoms with Gasteiger partial charge in [-0.25, -0.2) is 4.98 Å². The zero-order valence-electron chi connectivity index (χ0n) is 6.71. The Bertz CT molecular complexity index is 489. The molecule has 0 saturated heterocycles. The van der Waals surface area contributed by atoms with Gasteiger partial charge in [-0.05, 0) is 30.2 Å². The summed E-state index contributed by atoms with van der Waals surface area (Å²) in [7, 11) is 0. The fraction of sp³-hybridized carbons (Fsp3) is 0. The summed E-state index contributed by atoms with van der Waals surface area (Å²) >= 11 is 0. The van der Waals surface area contributed by atoms with Gasteiger partial charge in [-0.15, -0.1) is 4.39 Å². The third kappa shape index (κ3) is 1.36. The topological polar surface area (TPSA) is 12.9 Å². The zero-order chi connectivity index (χ0) is 9.10. The van der Waals surface area contributed by atoms with Gasteiger partial charge in [-0.2, -0.15) is 0 Å². The SMILES string of the molecule is FC#Cc1cccc2n[c]ccc12. The number of hydrogen-bond donors (Lipinski definition) is 0. The summed E-state index contributed by atoms with van der Waals surface area (Å²) in [4.78, 5) is 4.01. The molecule has 0 fully saturated rings. The van der Waals surface area contributed by atoms with Crippen LogP contribution >= 0.6 is 0 Å². The van der Waals surface area contributed by atoms with Crippen molar-refractivity contribution in [3.8, 4) is 12.1 Å². The fourth-order valence-corrected chi connectivity index (χ4v) is 1.21. The highest BCUT2D eigenvalue weighted by molar-refractivity contribution is 5.84. The lowest BCUT2D eigenvalue weighted by molar-refractivity contribution is 0.774. The monoisotopic (exact) mass is 170 g/mol. The van der Waals surface area contributed by atoms with Crippen molar-refractivity contribution in [3.05, 3.63) is 42.1 Å². The summed E-state index contributed by atoms with van der Waals surface area (Å²) < 4.78 is 11.8. The number of aromatic nitrogens is 1. The summed E-state index contributed by atoms with van der Waals surface area (Å²) in [6.07, 6.45) is 4.10. The molecule has 0 aliphatic carbocycles. The summed E-state index contributed by atoms with van der Waals surface area (Å²) in [5.41, 5.74) is 1.43. The first-order chi connectivity index (χ1) is 6.42. The van der Waals surface area contributed by atoms with Crippen molar-refractivity contribution in [2.45, 2.75) is 0 Å². The minimum absolute atomic E-state index is 0.654. The maximum Gasteiger partial charge on any atom is 0.111 e. The van der Waals surface area contributed by atoms with Crippen molar-refractivity contribution in [2.24, 2.45) is 0 Å². The molecule has 1 nitrogen and oxygen atoms in total. The van der Waals surface area contributed by atoms with Crippen LogP contribution in [-0.2, 0) is 0 Å². The molecule has 2 rings (SSSR count). The Hall–Kier alpha value is -1.88. The highest BCUT2D eigenvalue weighted by Gasteiger charge is 1.96. The second kappa shape index (κ2) is 3.24. The van der Waals surface area contributed by atoms with E-state index in [-0.39, 0.29) is 0 Å². The molecule has 0 spiro atoms. The highest BCUT2D eigenvalue weighted by atomic mass is 19.1. The molecule has 13 heavy (non-hydrogen) atoms. The van der Waals surface area contributed by atoms with Crippen LogP contribution in [0.5, 0.6) is 0 Å². The summed E-state index contributed by atoms with van der Waals surface area (Å²) in [6, 6.07) is 8.91. The largest absolute Gasteiger partial charge is 0.246 e. The van der Waals surface area contributed by atoms with Crippen molar-refractivity contribution in [2.75, 3.05) is 0 Å². The van der Waals surface area contributed by atoms with Crippen LogP contribution < -0.4 is 0 Å². The van der Waals surface area contributed by atoms with Gasteiger partial charge >= 0.3 is 0 Å². The second-order valence-corrected chi connectivity index (χ2v) is 2.53. The van der Waals surface area contributed by atoms with Crippen molar-refractivity contribution < 1.29 is 4.39 Å². The maximum atomic E-state index is 11.8. The molecule has 1 heterocycles. The predicted molar refractivity (Wildman–Crippen MR) is 48.6 cm³/mol. The van der Waals surface area contributed by atoms with Crippen LogP contribution in [0.2, 0.25) is 0 Å². The van der Waals surface area contributed by atoms with E-state index in [1.165, 1.54) is 6.17 Å². The van der Waals surface area contributed by atoms with Crippen LogP contribution in [0.25, 0.3) is 10.9 Å². The van der Waals surface area contributed by atoms with Gasteiger partial charge in [0.05, 0.1) is 11.7 Å². The molecular formula is C11H5FN. The minimum Gasteiger partial charge on any atom is -0.246 e. The first-order valence-corrected chi connectivity index (χ1v) is 3.79. The lowest BCUT2D eigenvalue weighted by Gasteiger charge is -1.96. The third-order valence-electron chi connectivity index (χ3n) is 1.77. The molecule has 1 radical (unpaired) electrons. The molecular weight excluding hydrogens is 165 g/mol. The molecule has 0 bridgehead atoms. The molecule has 1 aromatic heterocycles. The van der Waals surface area contributed by atoms with Gasteiger partial charge < -0.3 is 0 Å². The number of hydrogen-bond acceptors (Lipinski definition) is 1. The number of rotatable bonds is 0. The molecule has 1 aromatic carbocycles. The van der Waals surface area contributed by atoms with Crippen LogP contribution in [0.4, 0.5) is 4.39 Å². The standard InChI is InChI=1S/C11H5FN/c12-7-6-9-3-1-5-11-10(9)4-2-8-13-11/h1-5H. The van der Waals surface area contributed by atoms with E-state index in [2.05, 4.69) is 17.1 Å². The van der Waals surface area contributed by atoms with Gasteiger partial charge in [-0.1, -0.05) is 6.07 Å². The van der Waals surface area contributed by atoms with E-state index in [1.807, 2.05) is 12.1 Å². The van der Waals surface area contributed by atoms with E-state index >= 15 is 0 Å². The number of halogens is 1. The molecule has 61 valence electrons. The average Bonchev–Trinajstić information content (AvgIpc) is 2.19. The van der Waals surface area contributed by atoms with Crippen LogP contribution in [0.15, 0.2) is 30.3 Å². The molecule has 2 aromatic rings. The molecule has 0 aliphatic heterocycles. The molecule has 0 unspecified atom stereocenters. The summed E-state index contributed by atoms with van der Waals surface area (Å²) in [5, 5.41) is 0.853. The zero-order valence-corrected chi connectivity index (χ0v) is 6.71. The molecule has 2 heteroatoms. The van der Waals surface area contributed by atoms with Crippen LogP contribution in [0.3, 0.4) is 0 Å². The molecule has 0 amide bonds. The first-order valence-electron chi connectivity index (χ1n) is 3.79. The maximum absolute atomic E-state index is 11.8.